The standard InChI is InChI=1S/C27H31ClFN5O3/c1-35-14-12-34-10-7-18-5-6-20(15-19(18)8-11-34)31-27-30-16-22(28)26(33-27)32-25-23(29)3-2-4-24(25)37-21-9-13-36-17-21/h2-6,15-16,21H,7-14,17H2,1H3,(H2,30,31,32,33). The van der Waals surface area contributed by atoms with Gasteiger partial charge in [-0.3, -0.25) is 0 Å². The van der Waals surface area contributed by atoms with E-state index in [-0.39, 0.29) is 22.6 Å². The fourth-order valence-corrected chi connectivity index (χ4v) is 4.70. The molecule has 2 aliphatic rings. The number of ether oxygens (including phenoxy) is 3. The molecule has 1 fully saturated rings. The van der Waals surface area contributed by atoms with Gasteiger partial charge in [0.15, 0.2) is 11.6 Å². The predicted octanol–water partition coefficient (Wildman–Crippen LogP) is 4.97. The van der Waals surface area contributed by atoms with Gasteiger partial charge in [0, 0.05) is 38.9 Å². The average Bonchev–Trinajstić information content (AvgIpc) is 3.33. The van der Waals surface area contributed by atoms with Crippen LogP contribution in [0.4, 0.5) is 27.5 Å². The van der Waals surface area contributed by atoms with Crippen LogP contribution in [0.2, 0.25) is 5.02 Å². The second-order valence-electron chi connectivity index (χ2n) is 9.17. The second kappa shape index (κ2) is 12.0. The number of hydrogen-bond acceptors (Lipinski definition) is 8. The van der Waals surface area contributed by atoms with Gasteiger partial charge in [0.25, 0.3) is 0 Å². The molecule has 0 saturated carbocycles. The first kappa shape index (κ1) is 25.7. The highest BCUT2D eigenvalue weighted by Gasteiger charge is 2.21. The molecular weight excluding hydrogens is 497 g/mol. The number of methoxy groups -OCH3 is 1. The maximum Gasteiger partial charge on any atom is 0.229 e. The molecule has 3 aromatic rings. The Bertz CT molecular complexity index is 1220. The number of rotatable bonds is 9. The SMILES string of the molecule is COCCN1CCc2ccc(Nc3ncc(Cl)c(Nc4c(F)cccc4OC4CCOC4)n3)cc2CC1. The topological polar surface area (TPSA) is 80.8 Å². The molecule has 2 aromatic carbocycles. The van der Waals surface area contributed by atoms with Crippen molar-refractivity contribution in [3.05, 3.63) is 64.6 Å². The van der Waals surface area contributed by atoms with Gasteiger partial charge in [-0.05, 0) is 48.2 Å². The first-order chi connectivity index (χ1) is 18.1. The normalized spacial score (nSPS) is 17.8. The third-order valence-electron chi connectivity index (χ3n) is 6.61. The van der Waals surface area contributed by atoms with Crippen LogP contribution in [-0.2, 0) is 22.3 Å². The van der Waals surface area contributed by atoms with Crippen molar-refractivity contribution in [1.82, 2.24) is 14.9 Å². The third kappa shape index (κ3) is 6.48. The lowest BCUT2D eigenvalue weighted by atomic mass is 10.0. The highest BCUT2D eigenvalue weighted by molar-refractivity contribution is 6.32. The van der Waals surface area contributed by atoms with Crippen molar-refractivity contribution in [3.63, 3.8) is 0 Å². The minimum absolute atomic E-state index is 0.124. The maximum atomic E-state index is 14.8. The van der Waals surface area contributed by atoms with Gasteiger partial charge in [-0.15, -0.1) is 0 Å². The van der Waals surface area contributed by atoms with Crippen molar-refractivity contribution in [2.45, 2.75) is 25.4 Å². The van der Waals surface area contributed by atoms with E-state index >= 15 is 0 Å². The summed E-state index contributed by atoms with van der Waals surface area (Å²) in [4.78, 5) is 11.3. The van der Waals surface area contributed by atoms with Crippen LogP contribution in [0.5, 0.6) is 5.75 Å². The van der Waals surface area contributed by atoms with Crippen LogP contribution >= 0.6 is 11.6 Å². The number of anilines is 4. The first-order valence-corrected chi connectivity index (χ1v) is 12.9. The van der Waals surface area contributed by atoms with Gasteiger partial charge >= 0.3 is 0 Å². The Kier molecular flexibility index (Phi) is 8.35. The van der Waals surface area contributed by atoms with Crippen molar-refractivity contribution in [3.8, 4) is 5.75 Å². The molecule has 0 aliphatic carbocycles. The van der Waals surface area contributed by atoms with Crippen molar-refractivity contribution in [2.24, 2.45) is 0 Å². The van der Waals surface area contributed by atoms with E-state index in [2.05, 4.69) is 37.6 Å². The fourth-order valence-electron chi connectivity index (χ4n) is 4.57. The predicted molar refractivity (Wildman–Crippen MR) is 142 cm³/mol. The maximum absolute atomic E-state index is 14.8. The molecule has 3 heterocycles. The largest absolute Gasteiger partial charge is 0.486 e. The van der Waals surface area contributed by atoms with Gasteiger partial charge in [-0.25, -0.2) is 9.37 Å². The summed E-state index contributed by atoms with van der Waals surface area (Å²) in [5.41, 5.74) is 3.71. The second-order valence-corrected chi connectivity index (χ2v) is 9.58. The summed E-state index contributed by atoms with van der Waals surface area (Å²) < 4.78 is 31.4. The number of para-hydroxylation sites is 1. The van der Waals surface area contributed by atoms with Gasteiger partial charge in [0.2, 0.25) is 5.95 Å². The zero-order valence-corrected chi connectivity index (χ0v) is 21.6. The first-order valence-electron chi connectivity index (χ1n) is 12.5. The van der Waals surface area contributed by atoms with Crippen molar-refractivity contribution in [1.29, 1.82) is 0 Å². The number of benzene rings is 2. The van der Waals surface area contributed by atoms with Gasteiger partial charge in [0.05, 0.1) is 26.0 Å². The molecule has 1 unspecified atom stereocenters. The van der Waals surface area contributed by atoms with E-state index in [4.69, 9.17) is 25.8 Å². The van der Waals surface area contributed by atoms with Crippen LogP contribution in [-0.4, -0.2) is 67.5 Å². The van der Waals surface area contributed by atoms with Crippen LogP contribution in [0.25, 0.3) is 0 Å². The molecule has 1 saturated heterocycles. The molecule has 0 radical (unpaired) electrons. The Labute approximate surface area is 221 Å². The molecule has 196 valence electrons. The number of fused-ring (bicyclic) bond motifs is 1. The quantitative estimate of drug-likeness (QED) is 0.404. The molecule has 2 aliphatic heterocycles. The van der Waals surface area contributed by atoms with Gasteiger partial charge in [0.1, 0.15) is 22.6 Å². The van der Waals surface area contributed by atoms with Crippen LogP contribution in [0.15, 0.2) is 42.6 Å². The highest BCUT2D eigenvalue weighted by Crippen LogP contribution is 2.34. The lowest BCUT2D eigenvalue weighted by molar-refractivity contribution is 0.141. The minimum atomic E-state index is -0.467. The van der Waals surface area contributed by atoms with E-state index in [0.29, 0.717) is 24.9 Å². The molecule has 0 spiro atoms. The van der Waals surface area contributed by atoms with Crippen molar-refractivity contribution in [2.75, 3.05) is 57.2 Å². The summed E-state index contributed by atoms with van der Waals surface area (Å²) in [6.45, 7) is 4.80. The number of aromatic nitrogens is 2. The Morgan fingerprint density at radius 2 is 2.03 bits per heavy atom. The van der Waals surface area contributed by atoms with Gasteiger partial charge < -0.3 is 29.7 Å². The number of nitrogens with one attached hydrogen (secondary N) is 2. The number of halogens is 2. The van der Waals surface area contributed by atoms with E-state index in [1.807, 2.05) is 6.07 Å². The van der Waals surface area contributed by atoms with E-state index in [1.54, 1.807) is 19.2 Å². The molecule has 2 N–H and O–H groups in total. The molecule has 8 nitrogen and oxygen atoms in total. The van der Waals surface area contributed by atoms with E-state index in [1.165, 1.54) is 23.4 Å². The van der Waals surface area contributed by atoms with E-state index in [9.17, 15) is 4.39 Å². The van der Waals surface area contributed by atoms with Crippen LogP contribution in [0.3, 0.4) is 0 Å². The monoisotopic (exact) mass is 527 g/mol. The average molecular weight is 528 g/mol. The molecule has 0 amide bonds. The molecule has 10 heteroatoms. The van der Waals surface area contributed by atoms with Crippen LogP contribution < -0.4 is 15.4 Å². The lowest BCUT2D eigenvalue weighted by Crippen LogP contribution is -2.29. The summed E-state index contributed by atoms with van der Waals surface area (Å²) in [6, 6.07) is 11.0. The summed E-state index contributed by atoms with van der Waals surface area (Å²) in [5, 5.41) is 6.54. The molecule has 0 bridgehead atoms. The zero-order valence-electron chi connectivity index (χ0n) is 20.8. The summed E-state index contributed by atoms with van der Waals surface area (Å²) >= 11 is 6.37. The Morgan fingerprint density at radius 1 is 1.16 bits per heavy atom. The molecule has 1 aromatic heterocycles. The molecular formula is C27H31ClFN5O3. The van der Waals surface area contributed by atoms with Gasteiger partial charge in [-0.1, -0.05) is 23.7 Å². The Balaban J connectivity index is 1.31. The summed E-state index contributed by atoms with van der Waals surface area (Å²) in [5.74, 6) is 0.543. The Morgan fingerprint density at radius 3 is 2.84 bits per heavy atom. The van der Waals surface area contributed by atoms with Crippen LogP contribution in [0.1, 0.15) is 17.5 Å². The fraction of sp³-hybridized carbons (Fsp3) is 0.407. The lowest BCUT2D eigenvalue weighted by Gasteiger charge is -2.18. The van der Waals surface area contributed by atoms with Crippen LogP contribution in [0, 0.1) is 5.82 Å². The minimum Gasteiger partial charge on any atom is -0.486 e. The van der Waals surface area contributed by atoms with Crippen molar-refractivity contribution >= 4 is 34.7 Å². The van der Waals surface area contributed by atoms with E-state index < -0.39 is 5.82 Å². The van der Waals surface area contributed by atoms with Crippen molar-refractivity contribution < 1.29 is 18.6 Å². The Hall–Kier alpha value is -2.98. The van der Waals surface area contributed by atoms with E-state index in [0.717, 1.165) is 51.2 Å². The number of nitrogens with zero attached hydrogens (tertiary/aromatic N) is 3. The molecule has 1 atom stereocenters. The summed E-state index contributed by atoms with van der Waals surface area (Å²) in [7, 11) is 1.74. The summed E-state index contributed by atoms with van der Waals surface area (Å²) in [6.07, 6.45) is 4.09. The highest BCUT2D eigenvalue weighted by atomic mass is 35.5. The molecule has 5 rings (SSSR count). The smallest absolute Gasteiger partial charge is 0.229 e. The number of hydrogen-bond donors (Lipinski definition) is 2. The zero-order chi connectivity index (χ0) is 25.6. The third-order valence-corrected chi connectivity index (χ3v) is 6.89. The molecule has 37 heavy (non-hydrogen) atoms. The van der Waals surface area contributed by atoms with Gasteiger partial charge in [-0.2, -0.15) is 4.98 Å².